The molecule has 0 atom stereocenters. The minimum atomic E-state index is -0.0531. The van der Waals surface area contributed by atoms with Gasteiger partial charge >= 0.3 is 0 Å². The van der Waals surface area contributed by atoms with E-state index < -0.39 is 0 Å². The maximum atomic E-state index is 12.7. The highest BCUT2D eigenvalue weighted by molar-refractivity contribution is 9.10. The number of nitrogens with zero attached hydrogens (tertiary/aromatic N) is 1. The number of carbonyl (C=O) groups excluding carboxylic acids is 1. The number of para-hydroxylation sites is 1. The summed E-state index contributed by atoms with van der Waals surface area (Å²) in [7, 11) is 1.59. The highest BCUT2D eigenvalue weighted by Gasteiger charge is 2.14. The molecule has 3 aromatic rings. The Morgan fingerprint density at radius 2 is 1.95 bits per heavy atom. The first-order valence-corrected chi connectivity index (χ1v) is 7.22. The lowest BCUT2D eigenvalue weighted by atomic mass is 10.0. The van der Waals surface area contributed by atoms with Crippen molar-refractivity contribution in [3.8, 4) is 5.75 Å². The van der Waals surface area contributed by atoms with Crippen LogP contribution in [0.2, 0.25) is 0 Å². The summed E-state index contributed by atoms with van der Waals surface area (Å²) >= 11 is 3.41. The summed E-state index contributed by atoms with van der Waals surface area (Å²) in [6.45, 7) is 0. The van der Waals surface area contributed by atoms with Crippen molar-refractivity contribution < 1.29 is 9.53 Å². The van der Waals surface area contributed by atoms with Gasteiger partial charge in [0, 0.05) is 22.7 Å². The van der Waals surface area contributed by atoms with Crippen molar-refractivity contribution >= 4 is 32.6 Å². The van der Waals surface area contributed by atoms with E-state index in [1.807, 2.05) is 24.3 Å². The maximum absolute atomic E-state index is 12.7. The quantitative estimate of drug-likeness (QED) is 0.669. The topological polar surface area (TPSA) is 39.2 Å². The molecule has 0 bridgehead atoms. The number of aromatic nitrogens is 1. The molecule has 0 unspecified atom stereocenters. The van der Waals surface area contributed by atoms with Crippen molar-refractivity contribution in [2.24, 2.45) is 0 Å². The van der Waals surface area contributed by atoms with Crippen LogP contribution in [0, 0.1) is 0 Å². The Balaban J connectivity index is 2.10. The summed E-state index contributed by atoms with van der Waals surface area (Å²) in [5.74, 6) is 0.644. The number of fused-ring (bicyclic) bond motifs is 1. The number of hydrogen-bond donors (Lipinski definition) is 0. The van der Waals surface area contributed by atoms with Crippen LogP contribution in [0.4, 0.5) is 0 Å². The van der Waals surface area contributed by atoms with Crippen molar-refractivity contribution in [1.29, 1.82) is 0 Å². The Morgan fingerprint density at radius 1 is 1.14 bits per heavy atom. The predicted molar refractivity (Wildman–Crippen MR) is 85.9 cm³/mol. The van der Waals surface area contributed by atoms with Gasteiger partial charge in [0.1, 0.15) is 5.75 Å². The predicted octanol–water partition coefficient (Wildman–Crippen LogP) is 4.24. The molecule has 1 heterocycles. The van der Waals surface area contributed by atoms with Crippen LogP contribution in [0.3, 0.4) is 0 Å². The maximum Gasteiger partial charge on any atom is 0.195 e. The monoisotopic (exact) mass is 341 g/mol. The third-order valence-electron chi connectivity index (χ3n) is 3.29. The van der Waals surface area contributed by atoms with Crippen LogP contribution in [0.25, 0.3) is 10.9 Å². The fourth-order valence-electron chi connectivity index (χ4n) is 2.25. The molecular formula is C17H12BrNO2. The molecule has 0 saturated heterocycles. The second kappa shape index (κ2) is 5.66. The molecule has 0 saturated carbocycles. The zero-order valence-electron chi connectivity index (χ0n) is 11.3. The Morgan fingerprint density at radius 3 is 2.71 bits per heavy atom. The second-order valence-corrected chi connectivity index (χ2v) is 5.41. The van der Waals surface area contributed by atoms with Crippen molar-refractivity contribution in [1.82, 2.24) is 4.98 Å². The van der Waals surface area contributed by atoms with Crippen LogP contribution < -0.4 is 4.74 Å². The molecule has 0 radical (unpaired) electrons. The first-order valence-electron chi connectivity index (χ1n) is 6.42. The van der Waals surface area contributed by atoms with Gasteiger partial charge in [-0.05, 0) is 46.3 Å². The van der Waals surface area contributed by atoms with E-state index in [1.54, 1.807) is 37.6 Å². The number of pyridine rings is 1. The van der Waals surface area contributed by atoms with Gasteiger partial charge in [-0.1, -0.05) is 18.2 Å². The summed E-state index contributed by atoms with van der Waals surface area (Å²) in [6, 6.07) is 14.7. The number of benzene rings is 2. The van der Waals surface area contributed by atoms with Crippen molar-refractivity contribution in [3.05, 3.63) is 70.3 Å². The summed E-state index contributed by atoms with van der Waals surface area (Å²) in [5.41, 5.74) is 1.92. The van der Waals surface area contributed by atoms with E-state index in [1.165, 1.54) is 0 Å². The standard InChI is InChI=1S/C17H12BrNO2/c1-21-15-8-7-12(10-14(15)18)17(20)13-6-2-4-11-5-3-9-19-16(11)13/h2-10H,1H3. The van der Waals surface area contributed by atoms with Crippen molar-refractivity contribution in [3.63, 3.8) is 0 Å². The van der Waals surface area contributed by atoms with Crippen LogP contribution in [-0.2, 0) is 0 Å². The van der Waals surface area contributed by atoms with Gasteiger partial charge in [0.05, 0.1) is 17.1 Å². The normalized spacial score (nSPS) is 10.6. The SMILES string of the molecule is COc1ccc(C(=O)c2cccc3cccnc23)cc1Br. The Hall–Kier alpha value is -2.20. The number of hydrogen-bond acceptors (Lipinski definition) is 3. The van der Waals surface area contributed by atoms with E-state index in [0.29, 0.717) is 16.9 Å². The Bertz CT molecular complexity index is 825. The zero-order chi connectivity index (χ0) is 14.8. The van der Waals surface area contributed by atoms with Crippen LogP contribution >= 0.6 is 15.9 Å². The highest BCUT2D eigenvalue weighted by Crippen LogP contribution is 2.27. The molecule has 0 aliphatic carbocycles. The lowest BCUT2D eigenvalue weighted by Crippen LogP contribution is -2.03. The zero-order valence-corrected chi connectivity index (χ0v) is 12.9. The Kier molecular flexibility index (Phi) is 3.71. The molecule has 3 nitrogen and oxygen atoms in total. The van der Waals surface area contributed by atoms with Crippen molar-refractivity contribution in [2.75, 3.05) is 7.11 Å². The van der Waals surface area contributed by atoms with Gasteiger partial charge in [-0.15, -0.1) is 0 Å². The number of ketones is 1. The van der Waals surface area contributed by atoms with E-state index in [4.69, 9.17) is 4.74 Å². The summed E-state index contributed by atoms with van der Waals surface area (Å²) in [5, 5.41) is 0.955. The third-order valence-corrected chi connectivity index (χ3v) is 3.91. The Labute approximate surface area is 130 Å². The summed E-state index contributed by atoms with van der Waals surface area (Å²) < 4.78 is 5.94. The van der Waals surface area contributed by atoms with Gasteiger partial charge in [-0.2, -0.15) is 0 Å². The number of rotatable bonds is 3. The largest absolute Gasteiger partial charge is 0.496 e. The first kappa shape index (κ1) is 13.8. The first-order chi connectivity index (χ1) is 10.2. The van der Waals surface area contributed by atoms with Crippen LogP contribution in [0.15, 0.2) is 59.2 Å². The third kappa shape index (κ3) is 2.54. The molecule has 3 rings (SSSR count). The minimum absolute atomic E-state index is 0.0531. The summed E-state index contributed by atoms with van der Waals surface area (Å²) in [6.07, 6.45) is 1.70. The van der Waals surface area contributed by atoms with Gasteiger partial charge in [-0.25, -0.2) is 0 Å². The van der Waals surface area contributed by atoms with E-state index >= 15 is 0 Å². The smallest absolute Gasteiger partial charge is 0.195 e. The fourth-order valence-corrected chi connectivity index (χ4v) is 2.79. The molecule has 21 heavy (non-hydrogen) atoms. The van der Waals surface area contributed by atoms with Gasteiger partial charge in [0.15, 0.2) is 5.78 Å². The van der Waals surface area contributed by atoms with Crippen molar-refractivity contribution in [2.45, 2.75) is 0 Å². The van der Waals surface area contributed by atoms with E-state index in [9.17, 15) is 4.79 Å². The molecule has 0 aliphatic heterocycles. The van der Waals surface area contributed by atoms with Gasteiger partial charge in [0.25, 0.3) is 0 Å². The molecule has 0 spiro atoms. The number of methoxy groups -OCH3 is 1. The summed E-state index contributed by atoms with van der Waals surface area (Å²) in [4.78, 5) is 17.0. The number of carbonyl (C=O) groups is 1. The van der Waals surface area contributed by atoms with Crippen LogP contribution in [0.1, 0.15) is 15.9 Å². The van der Waals surface area contributed by atoms with E-state index in [-0.39, 0.29) is 5.78 Å². The molecule has 1 aromatic heterocycles. The average Bonchev–Trinajstić information content (AvgIpc) is 2.53. The minimum Gasteiger partial charge on any atom is -0.496 e. The van der Waals surface area contributed by atoms with E-state index in [0.717, 1.165) is 15.4 Å². The lowest BCUT2D eigenvalue weighted by molar-refractivity contribution is 0.104. The molecule has 104 valence electrons. The molecule has 4 heteroatoms. The number of halogens is 1. The van der Waals surface area contributed by atoms with Crippen LogP contribution in [0.5, 0.6) is 5.75 Å². The van der Waals surface area contributed by atoms with Gasteiger partial charge in [0.2, 0.25) is 0 Å². The van der Waals surface area contributed by atoms with E-state index in [2.05, 4.69) is 20.9 Å². The van der Waals surface area contributed by atoms with Crippen LogP contribution in [-0.4, -0.2) is 17.9 Å². The molecule has 0 fully saturated rings. The highest BCUT2D eigenvalue weighted by atomic mass is 79.9. The molecule has 0 aliphatic rings. The molecule has 0 amide bonds. The average molecular weight is 342 g/mol. The molecular weight excluding hydrogens is 330 g/mol. The van der Waals surface area contributed by atoms with Gasteiger partial charge < -0.3 is 4.74 Å². The fraction of sp³-hybridized carbons (Fsp3) is 0.0588. The number of ether oxygens (including phenoxy) is 1. The van der Waals surface area contributed by atoms with Gasteiger partial charge in [-0.3, -0.25) is 9.78 Å². The molecule has 2 aromatic carbocycles. The molecule has 0 N–H and O–H groups in total. The second-order valence-electron chi connectivity index (χ2n) is 4.56. The lowest BCUT2D eigenvalue weighted by Gasteiger charge is -2.07.